The molecule has 24 heavy (non-hydrogen) atoms. The number of aliphatic hydroxyl groups is 1. The number of carbonyl (C=O) groups is 1. The first-order valence-electron chi connectivity index (χ1n) is 8.34. The van der Waals surface area contributed by atoms with E-state index in [0.717, 1.165) is 25.0 Å². The molecule has 0 radical (unpaired) electrons. The highest BCUT2D eigenvalue weighted by Gasteiger charge is 2.32. The zero-order valence-corrected chi connectivity index (χ0v) is 13.3. The molecule has 1 saturated heterocycles. The summed E-state index contributed by atoms with van der Waals surface area (Å²) in [4.78, 5) is 12.2. The van der Waals surface area contributed by atoms with Gasteiger partial charge in [-0.25, -0.2) is 13.6 Å². The van der Waals surface area contributed by atoms with Gasteiger partial charge in [0.2, 0.25) is 0 Å². The number of rotatable bonds is 3. The van der Waals surface area contributed by atoms with Gasteiger partial charge >= 0.3 is 6.03 Å². The number of ether oxygens (including phenoxy) is 1. The van der Waals surface area contributed by atoms with Crippen molar-refractivity contribution in [3.8, 4) is 0 Å². The van der Waals surface area contributed by atoms with Gasteiger partial charge in [0.15, 0.2) is 11.6 Å². The molecule has 7 heteroatoms. The second-order valence-electron chi connectivity index (χ2n) is 6.48. The summed E-state index contributed by atoms with van der Waals surface area (Å²) < 4.78 is 32.1. The van der Waals surface area contributed by atoms with Crippen molar-refractivity contribution in [1.82, 2.24) is 10.6 Å². The number of aliphatic hydroxyl groups excluding tert-OH is 1. The predicted molar refractivity (Wildman–Crippen MR) is 83.4 cm³/mol. The third kappa shape index (κ3) is 4.02. The smallest absolute Gasteiger partial charge is 0.315 e. The summed E-state index contributed by atoms with van der Waals surface area (Å²) in [5, 5.41) is 15.3. The van der Waals surface area contributed by atoms with Crippen LogP contribution >= 0.6 is 0 Å². The second-order valence-corrected chi connectivity index (χ2v) is 6.48. The number of nitrogens with one attached hydrogen (secondary N) is 2. The van der Waals surface area contributed by atoms with Crippen LogP contribution in [0, 0.1) is 11.6 Å². The van der Waals surface area contributed by atoms with Crippen LogP contribution in [0.4, 0.5) is 13.6 Å². The summed E-state index contributed by atoms with van der Waals surface area (Å²) in [5.41, 5.74) is 0.512. The van der Waals surface area contributed by atoms with Crippen molar-refractivity contribution in [3.63, 3.8) is 0 Å². The van der Waals surface area contributed by atoms with Gasteiger partial charge in [-0.2, -0.15) is 0 Å². The van der Waals surface area contributed by atoms with Crippen LogP contribution in [-0.4, -0.2) is 35.9 Å². The quantitative estimate of drug-likeness (QED) is 0.791. The Morgan fingerprint density at radius 3 is 2.54 bits per heavy atom. The first kappa shape index (κ1) is 17.1. The van der Waals surface area contributed by atoms with Crippen molar-refractivity contribution in [1.29, 1.82) is 0 Å². The molecule has 0 aromatic heterocycles. The molecule has 5 nitrogen and oxygen atoms in total. The van der Waals surface area contributed by atoms with Gasteiger partial charge in [-0.15, -0.1) is 0 Å². The summed E-state index contributed by atoms with van der Waals surface area (Å²) in [5.74, 6) is -1.83. The maximum atomic E-state index is 13.4. The fraction of sp³-hybridized carbons (Fsp3) is 0.588. The molecule has 1 saturated carbocycles. The first-order chi connectivity index (χ1) is 11.5. The zero-order chi connectivity index (χ0) is 17.1. The van der Waals surface area contributed by atoms with Gasteiger partial charge in [0.1, 0.15) is 6.10 Å². The van der Waals surface area contributed by atoms with Crippen LogP contribution in [0.25, 0.3) is 0 Å². The van der Waals surface area contributed by atoms with Crippen LogP contribution in [0.1, 0.15) is 43.8 Å². The van der Waals surface area contributed by atoms with Gasteiger partial charge in [0, 0.05) is 12.6 Å². The SMILES string of the molecule is O=C(NC1CCC(O)CC1)NC1CCOC1c1ccc(F)c(F)c1. The molecule has 1 aromatic carbocycles. The lowest BCUT2D eigenvalue weighted by Crippen LogP contribution is -2.48. The van der Waals surface area contributed by atoms with E-state index in [4.69, 9.17) is 4.74 Å². The highest BCUT2D eigenvalue weighted by atomic mass is 19.2. The Bertz CT molecular complexity index is 591. The first-order valence-corrected chi connectivity index (χ1v) is 8.34. The number of halogens is 2. The van der Waals surface area contributed by atoms with E-state index in [1.54, 1.807) is 0 Å². The average molecular weight is 340 g/mol. The van der Waals surface area contributed by atoms with Crippen LogP contribution in [-0.2, 0) is 4.74 Å². The van der Waals surface area contributed by atoms with Crippen molar-refractivity contribution in [2.75, 3.05) is 6.61 Å². The van der Waals surface area contributed by atoms with Crippen LogP contribution in [0.3, 0.4) is 0 Å². The number of urea groups is 1. The lowest BCUT2D eigenvalue weighted by molar-refractivity contribution is 0.0986. The van der Waals surface area contributed by atoms with Crippen LogP contribution in [0.15, 0.2) is 18.2 Å². The Labute approximate surface area is 139 Å². The van der Waals surface area contributed by atoms with Gasteiger partial charge in [0.05, 0.1) is 12.1 Å². The minimum absolute atomic E-state index is 0.0532. The van der Waals surface area contributed by atoms with Crippen molar-refractivity contribution in [2.24, 2.45) is 0 Å². The molecule has 0 bridgehead atoms. The maximum Gasteiger partial charge on any atom is 0.315 e. The van der Waals surface area contributed by atoms with Crippen molar-refractivity contribution in [3.05, 3.63) is 35.4 Å². The molecule has 2 atom stereocenters. The Hall–Kier alpha value is -1.73. The minimum Gasteiger partial charge on any atom is -0.393 e. The largest absolute Gasteiger partial charge is 0.393 e. The Kier molecular flexibility index (Phi) is 5.30. The van der Waals surface area contributed by atoms with E-state index >= 15 is 0 Å². The van der Waals surface area contributed by atoms with Gasteiger partial charge in [-0.1, -0.05) is 6.07 Å². The number of hydrogen-bond acceptors (Lipinski definition) is 3. The molecule has 0 spiro atoms. The monoisotopic (exact) mass is 340 g/mol. The molecule has 1 aliphatic carbocycles. The Balaban J connectivity index is 1.57. The predicted octanol–water partition coefficient (Wildman–Crippen LogP) is 2.40. The standard InChI is InChI=1S/C17H22F2N2O3/c18-13-6-1-10(9-14(13)19)16-15(7-8-24-16)21-17(23)20-11-2-4-12(22)5-3-11/h1,6,9,11-12,15-16,22H,2-5,7-8H2,(H2,20,21,23). The van der Waals surface area contributed by atoms with Crippen LogP contribution in [0.2, 0.25) is 0 Å². The zero-order valence-electron chi connectivity index (χ0n) is 13.3. The summed E-state index contributed by atoms with van der Waals surface area (Å²) in [6.07, 6.45) is 2.74. The molecule has 1 aliphatic heterocycles. The van der Waals surface area contributed by atoms with E-state index in [1.165, 1.54) is 6.07 Å². The average Bonchev–Trinajstić information content (AvgIpc) is 3.00. The van der Waals surface area contributed by atoms with Crippen LogP contribution in [0.5, 0.6) is 0 Å². The third-order valence-corrected chi connectivity index (χ3v) is 4.71. The summed E-state index contributed by atoms with van der Waals surface area (Å²) in [6, 6.07) is 3.13. The third-order valence-electron chi connectivity index (χ3n) is 4.71. The topological polar surface area (TPSA) is 70.6 Å². The van der Waals surface area contributed by atoms with E-state index in [0.29, 0.717) is 31.4 Å². The summed E-state index contributed by atoms with van der Waals surface area (Å²) in [7, 11) is 0. The highest BCUT2D eigenvalue weighted by molar-refractivity contribution is 5.74. The van der Waals surface area contributed by atoms with E-state index in [2.05, 4.69) is 10.6 Å². The lowest BCUT2D eigenvalue weighted by Gasteiger charge is -2.27. The molecule has 3 N–H and O–H groups in total. The Morgan fingerprint density at radius 2 is 1.83 bits per heavy atom. The fourth-order valence-electron chi connectivity index (χ4n) is 3.37. The molecule has 2 fully saturated rings. The summed E-state index contributed by atoms with van der Waals surface area (Å²) >= 11 is 0. The second kappa shape index (κ2) is 7.44. The molecule has 2 aliphatic rings. The highest BCUT2D eigenvalue weighted by Crippen LogP contribution is 2.30. The number of hydrogen-bond donors (Lipinski definition) is 3. The molecule has 132 valence electrons. The molecular formula is C17H22F2N2O3. The van der Waals surface area contributed by atoms with E-state index in [9.17, 15) is 18.7 Å². The maximum absolute atomic E-state index is 13.4. The van der Waals surface area contributed by atoms with Gasteiger partial charge in [-0.3, -0.25) is 0 Å². The van der Waals surface area contributed by atoms with Crippen molar-refractivity contribution < 1.29 is 23.4 Å². The molecule has 2 unspecified atom stereocenters. The Morgan fingerprint density at radius 1 is 1.08 bits per heavy atom. The normalized spacial score (nSPS) is 30.1. The number of benzene rings is 1. The minimum atomic E-state index is -0.924. The van der Waals surface area contributed by atoms with Crippen molar-refractivity contribution in [2.45, 2.75) is 56.4 Å². The molecule has 3 rings (SSSR count). The molecular weight excluding hydrogens is 318 g/mol. The molecule has 2 amide bonds. The van der Waals surface area contributed by atoms with E-state index in [-0.39, 0.29) is 24.2 Å². The molecule has 1 aromatic rings. The van der Waals surface area contributed by atoms with Gasteiger partial charge in [-0.05, 0) is 49.8 Å². The number of amides is 2. The van der Waals surface area contributed by atoms with E-state index in [1.807, 2.05) is 0 Å². The lowest BCUT2D eigenvalue weighted by atomic mass is 9.93. The number of carbonyl (C=O) groups excluding carboxylic acids is 1. The van der Waals surface area contributed by atoms with Crippen LogP contribution < -0.4 is 10.6 Å². The molecule has 1 heterocycles. The fourth-order valence-corrected chi connectivity index (χ4v) is 3.37. The van der Waals surface area contributed by atoms with Crippen molar-refractivity contribution >= 4 is 6.03 Å². The van der Waals surface area contributed by atoms with Gasteiger partial charge < -0.3 is 20.5 Å². The summed E-state index contributed by atoms with van der Waals surface area (Å²) in [6.45, 7) is 0.449. The van der Waals surface area contributed by atoms with E-state index < -0.39 is 17.7 Å². The van der Waals surface area contributed by atoms with Gasteiger partial charge in [0.25, 0.3) is 0 Å².